The van der Waals surface area contributed by atoms with Gasteiger partial charge in [-0.05, 0) is 43.0 Å². The highest BCUT2D eigenvalue weighted by Crippen LogP contribution is 2.31. The van der Waals surface area contributed by atoms with Crippen molar-refractivity contribution in [3.8, 4) is 0 Å². The van der Waals surface area contributed by atoms with Gasteiger partial charge in [-0.3, -0.25) is 0 Å². The fourth-order valence-corrected chi connectivity index (χ4v) is 2.70. The van der Waals surface area contributed by atoms with Crippen molar-refractivity contribution in [2.75, 3.05) is 6.54 Å². The standard InChI is InChI=1S/C16H22N2O2/c1-9(2)12-7-13-10(3)11(4)18(6-5-17)15(13)14(8-12)16(19)20/h7-9H,5-6,17H2,1-4H3,(H,19,20). The molecule has 20 heavy (non-hydrogen) atoms. The van der Waals surface area contributed by atoms with Gasteiger partial charge in [0.15, 0.2) is 0 Å². The summed E-state index contributed by atoms with van der Waals surface area (Å²) < 4.78 is 2.03. The van der Waals surface area contributed by atoms with E-state index in [1.54, 1.807) is 6.07 Å². The lowest BCUT2D eigenvalue weighted by atomic mass is 9.97. The lowest BCUT2D eigenvalue weighted by Crippen LogP contribution is -2.13. The molecule has 3 N–H and O–H groups in total. The van der Waals surface area contributed by atoms with Crippen LogP contribution in [0.3, 0.4) is 0 Å². The van der Waals surface area contributed by atoms with Gasteiger partial charge in [0.1, 0.15) is 0 Å². The monoisotopic (exact) mass is 274 g/mol. The third-order valence-electron chi connectivity index (χ3n) is 4.00. The Bertz CT molecular complexity index is 669. The van der Waals surface area contributed by atoms with Crippen LogP contribution in [0.25, 0.3) is 10.9 Å². The highest BCUT2D eigenvalue weighted by atomic mass is 16.4. The summed E-state index contributed by atoms with van der Waals surface area (Å²) in [5.74, 6) is -0.580. The normalized spacial score (nSPS) is 11.5. The van der Waals surface area contributed by atoms with Crippen molar-refractivity contribution in [1.29, 1.82) is 0 Å². The maximum atomic E-state index is 11.6. The molecule has 2 aromatic rings. The molecule has 0 unspecified atom stereocenters. The molecular weight excluding hydrogens is 252 g/mol. The lowest BCUT2D eigenvalue weighted by molar-refractivity contribution is 0.0698. The number of carbonyl (C=O) groups is 1. The zero-order chi connectivity index (χ0) is 15.0. The van der Waals surface area contributed by atoms with Crippen LogP contribution in [0.2, 0.25) is 0 Å². The van der Waals surface area contributed by atoms with Gasteiger partial charge in [0, 0.05) is 24.2 Å². The van der Waals surface area contributed by atoms with Crippen LogP contribution < -0.4 is 5.73 Å². The van der Waals surface area contributed by atoms with E-state index in [9.17, 15) is 9.90 Å². The van der Waals surface area contributed by atoms with Gasteiger partial charge in [0.2, 0.25) is 0 Å². The van der Waals surface area contributed by atoms with Crippen LogP contribution in [0.4, 0.5) is 0 Å². The number of carboxylic acids is 1. The molecule has 0 bridgehead atoms. The Morgan fingerprint density at radius 1 is 1.35 bits per heavy atom. The van der Waals surface area contributed by atoms with Gasteiger partial charge in [-0.15, -0.1) is 0 Å². The smallest absolute Gasteiger partial charge is 0.337 e. The van der Waals surface area contributed by atoms with Gasteiger partial charge in [-0.1, -0.05) is 13.8 Å². The van der Waals surface area contributed by atoms with E-state index in [2.05, 4.69) is 19.9 Å². The molecule has 0 spiro atoms. The largest absolute Gasteiger partial charge is 0.478 e. The summed E-state index contributed by atoms with van der Waals surface area (Å²) >= 11 is 0. The Labute approximate surface area is 119 Å². The molecule has 4 nitrogen and oxygen atoms in total. The number of nitrogens with two attached hydrogens (primary N) is 1. The number of carboxylic acid groups (broad SMARTS) is 1. The molecule has 0 saturated carbocycles. The molecule has 1 heterocycles. The van der Waals surface area contributed by atoms with E-state index in [1.165, 1.54) is 0 Å². The summed E-state index contributed by atoms with van der Waals surface area (Å²) in [6.07, 6.45) is 0. The third-order valence-corrected chi connectivity index (χ3v) is 4.00. The predicted molar refractivity (Wildman–Crippen MR) is 81.5 cm³/mol. The number of benzene rings is 1. The van der Waals surface area contributed by atoms with Crippen LogP contribution in [0.1, 0.15) is 46.9 Å². The molecule has 0 radical (unpaired) electrons. The molecule has 0 aliphatic carbocycles. The summed E-state index contributed by atoms with van der Waals surface area (Å²) in [5, 5.41) is 10.6. The highest BCUT2D eigenvalue weighted by molar-refractivity contribution is 6.04. The van der Waals surface area contributed by atoms with Crippen LogP contribution in [0.15, 0.2) is 12.1 Å². The molecule has 0 aliphatic heterocycles. The number of rotatable bonds is 4. The Morgan fingerprint density at radius 2 is 2.00 bits per heavy atom. The number of hydrogen-bond acceptors (Lipinski definition) is 2. The number of aryl methyl sites for hydroxylation is 1. The van der Waals surface area contributed by atoms with E-state index in [4.69, 9.17) is 5.73 Å². The van der Waals surface area contributed by atoms with Gasteiger partial charge in [-0.25, -0.2) is 4.79 Å². The number of aromatic nitrogens is 1. The number of hydrogen-bond donors (Lipinski definition) is 2. The van der Waals surface area contributed by atoms with Crippen molar-refractivity contribution in [2.45, 2.75) is 40.2 Å². The minimum atomic E-state index is -0.881. The van der Waals surface area contributed by atoms with E-state index in [0.29, 0.717) is 24.6 Å². The molecule has 1 aromatic carbocycles. The van der Waals surface area contributed by atoms with Crippen molar-refractivity contribution in [3.05, 3.63) is 34.5 Å². The molecule has 0 saturated heterocycles. The lowest BCUT2D eigenvalue weighted by Gasteiger charge is -2.11. The SMILES string of the molecule is Cc1c(C)n(CCN)c2c(C(=O)O)cc(C(C)C)cc12. The first-order chi connectivity index (χ1) is 9.38. The summed E-state index contributed by atoms with van der Waals surface area (Å²) in [4.78, 5) is 11.6. The molecule has 2 rings (SSSR count). The van der Waals surface area contributed by atoms with E-state index in [1.807, 2.05) is 18.4 Å². The zero-order valence-corrected chi connectivity index (χ0v) is 12.5. The van der Waals surface area contributed by atoms with Crippen LogP contribution in [-0.2, 0) is 6.54 Å². The van der Waals surface area contributed by atoms with E-state index >= 15 is 0 Å². The first kappa shape index (κ1) is 14.6. The second-order valence-corrected chi connectivity index (χ2v) is 5.58. The number of aromatic carboxylic acids is 1. The first-order valence-electron chi connectivity index (χ1n) is 6.95. The van der Waals surface area contributed by atoms with Crippen molar-refractivity contribution in [1.82, 2.24) is 4.57 Å². The third kappa shape index (κ3) is 2.20. The maximum Gasteiger partial charge on any atom is 0.337 e. The average molecular weight is 274 g/mol. The van der Waals surface area contributed by atoms with Gasteiger partial charge in [-0.2, -0.15) is 0 Å². The van der Waals surface area contributed by atoms with E-state index in [0.717, 1.165) is 27.7 Å². The molecular formula is C16H22N2O2. The predicted octanol–water partition coefficient (Wildman–Crippen LogP) is 3.04. The Kier molecular flexibility index (Phi) is 3.86. The van der Waals surface area contributed by atoms with E-state index < -0.39 is 5.97 Å². The van der Waals surface area contributed by atoms with Crippen molar-refractivity contribution in [3.63, 3.8) is 0 Å². The topological polar surface area (TPSA) is 68.2 Å². The second-order valence-electron chi connectivity index (χ2n) is 5.58. The van der Waals surface area contributed by atoms with Crippen LogP contribution in [0, 0.1) is 13.8 Å². The molecule has 1 aromatic heterocycles. The highest BCUT2D eigenvalue weighted by Gasteiger charge is 2.19. The van der Waals surface area contributed by atoms with Gasteiger partial charge in [0.05, 0.1) is 11.1 Å². The molecule has 108 valence electrons. The van der Waals surface area contributed by atoms with Crippen LogP contribution in [-0.4, -0.2) is 22.2 Å². The first-order valence-corrected chi connectivity index (χ1v) is 6.95. The fourth-order valence-electron chi connectivity index (χ4n) is 2.70. The summed E-state index contributed by atoms with van der Waals surface area (Å²) in [6, 6.07) is 3.91. The van der Waals surface area contributed by atoms with E-state index in [-0.39, 0.29) is 0 Å². The molecule has 4 heteroatoms. The van der Waals surface area contributed by atoms with Gasteiger partial charge >= 0.3 is 5.97 Å². The van der Waals surface area contributed by atoms with Crippen LogP contribution in [0.5, 0.6) is 0 Å². The minimum absolute atomic E-state index is 0.301. The van der Waals surface area contributed by atoms with Crippen LogP contribution >= 0.6 is 0 Å². The Balaban J connectivity index is 2.90. The average Bonchev–Trinajstić information content (AvgIpc) is 2.63. The summed E-state index contributed by atoms with van der Waals surface area (Å²) in [5.41, 5.74) is 10.1. The van der Waals surface area contributed by atoms with Crippen molar-refractivity contribution < 1.29 is 9.90 Å². The molecule has 0 fully saturated rings. The zero-order valence-electron chi connectivity index (χ0n) is 12.5. The van der Waals surface area contributed by atoms with Gasteiger partial charge in [0.25, 0.3) is 0 Å². The molecule has 0 amide bonds. The Morgan fingerprint density at radius 3 is 2.50 bits per heavy atom. The summed E-state index contributed by atoms with van der Waals surface area (Å²) in [7, 11) is 0. The van der Waals surface area contributed by atoms with Crippen molar-refractivity contribution in [2.24, 2.45) is 5.73 Å². The quantitative estimate of drug-likeness (QED) is 0.900. The summed E-state index contributed by atoms with van der Waals surface area (Å²) in [6.45, 7) is 9.34. The molecule has 0 atom stereocenters. The Hall–Kier alpha value is -1.81. The fraction of sp³-hybridized carbons (Fsp3) is 0.438. The minimum Gasteiger partial charge on any atom is -0.478 e. The maximum absolute atomic E-state index is 11.6. The van der Waals surface area contributed by atoms with Gasteiger partial charge < -0.3 is 15.4 Å². The number of fused-ring (bicyclic) bond motifs is 1. The number of nitrogens with zero attached hydrogens (tertiary/aromatic N) is 1. The van der Waals surface area contributed by atoms with Crippen molar-refractivity contribution >= 4 is 16.9 Å². The molecule has 0 aliphatic rings. The second kappa shape index (κ2) is 5.29.